The third-order valence-electron chi connectivity index (χ3n) is 3.59. The van der Waals surface area contributed by atoms with Gasteiger partial charge in [0.15, 0.2) is 6.39 Å². The molecule has 22 heavy (non-hydrogen) atoms. The molecule has 0 bridgehead atoms. The fraction of sp³-hybridized carbons (Fsp3) is 0.471. The van der Waals surface area contributed by atoms with Crippen LogP contribution in [0.2, 0.25) is 0 Å². The fourth-order valence-corrected chi connectivity index (χ4v) is 2.36. The van der Waals surface area contributed by atoms with Crippen molar-refractivity contribution >= 4 is 0 Å². The van der Waals surface area contributed by atoms with Crippen molar-refractivity contribution in [2.45, 2.75) is 26.3 Å². The van der Waals surface area contributed by atoms with Gasteiger partial charge in [0.2, 0.25) is 0 Å². The number of piperidine rings is 1. The lowest BCUT2D eigenvalue weighted by molar-refractivity contribution is 0.189. The normalized spacial score (nSPS) is 16.5. The van der Waals surface area contributed by atoms with Crippen LogP contribution >= 0.6 is 0 Å². The van der Waals surface area contributed by atoms with E-state index >= 15 is 0 Å². The number of rotatable bonds is 5. The Kier molecular flexibility index (Phi) is 8.07. The average Bonchev–Trinajstić information content (AvgIpc) is 3.01. The standard InChI is InChI=1S/C14H22N4O.C3H6/c1-11(16-2)7-14(15)12-3-5-18(6-4-12)8-13-9-19-10-17-13;1-3-2/h7,9-10,12,16H,1,3-6,8,15H2,2H3;3H,1H2,2H3/b14-7-;. The molecule has 1 aromatic rings. The summed E-state index contributed by atoms with van der Waals surface area (Å²) < 4.78 is 4.99. The zero-order valence-electron chi connectivity index (χ0n) is 13.7. The summed E-state index contributed by atoms with van der Waals surface area (Å²) >= 11 is 0. The second-order valence-electron chi connectivity index (χ2n) is 5.36. The number of hydrogen-bond donors (Lipinski definition) is 2. The molecule has 0 radical (unpaired) electrons. The van der Waals surface area contributed by atoms with Gasteiger partial charge in [0.1, 0.15) is 6.26 Å². The van der Waals surface area contributed by atoms with Crippen molar-refractivity contribution < 1.29 is 4.42 Å². The molecule has 0 spiro atoms. The summed E-state index contributed by atoms with van der Waals surface area (Å²) in [6, 6.07) is 0. The highest BCUT2D eigenvalue weighted by molar-refractivity contribution is 5.19. The molecule has 1 fully saturated rings. The third-order valence-corrected chi connectivity index (χ3v) is 3.59. The van der Waals surface area contributed by atoms with Gasteiger partial charge in [-0.2, -0.15) is 0 Å². The lowest BCUT2D eigenvalue weighted by Gasteiger charge is -2.31. The van der Waals surface area contributed by atoms with E-state index in [-0.39, 0.29) is 0 Å². The van der Waals surface area contributed by atoms with E-state index in [0.29, 0.717) is 5.92 Å². The first-order valence-electron chi connectivity index (χ1n) is 7.60. The van der Waals surface area contributed by atoms with Crippen LogP contribution < -0.4 is 11.1 Å². The number of oxazole rings is 1. The molecule has 0 saturated carbocycles. The molecule has 1 aromatic heterocycles. The molecule has 0 aromatic carbocycles. The van der Waals surface area contributed by atoms with Crippen LogP contribution in [-0.2, 0) is 6.54 Å². The number of likely N-dealkylation sites (tertiary alicyclic amines) is 1. The maximum Gasteiger partial charge on any atom is 0.180 e. The van der Waals surface area contributed by atoms with Crippen LogP contribution in [0.25, 0.3) is 0 Å². The van der Waals surface area contributed by atoms with Gasteiger partial charge in [0.25, 0.3) is 0 Å². The maximum atomic E-state index is 6.12. The lowest BCUT2D eigenvalue weighted by Crippen LogP contribution is -2.35. The average molecular weight is 304 g/mol. The highest BCUT2D eigenvalue weighted by atomic mass is 16.3. The van der Waals surface area contributed by atoms with E-state index in [4.69, 9.17) is 10.2 Å². The number of nitrogens with two attached hydrogens (primary N) is 1. The molecule has 2 heterocycles. The van der Waals surface area contributed by atoms with Gasteiger partial charge >= 0.3 is 0 Å². The van der Waals surface area contributed by atoms with Gasteiger partial charge in [0.05, 0.1) is 5.69 Å². The number of hydrogen-bond acceptors (Lipinski definition) is 5. The highest BCUT2D eigenvalue weighted by Gasteiger charge is 2.21. The molecule has 122 valence electrons. The SMILES string of the molecule is C=C(/C=C(\N)C1CCN(Cc2cocn2)CC1)NC.C=CC. The topological polar surface area (TPSA) is 67.3 Å². The van der Waals surface area contributed by atoms with Crippen LogP contribution in [0, 0.1) is 5.92 Å². The van der Waals surface area contributed by atoms with Crippen LogP contribution in [0.5, 0.6) is 0 Å². The first-order valence-corrected chi connectivity index (χ1v) is 7.60. The molecule has 1 saturated heterocycles. The van der Waals surface area contributed by atoms with E-state index in [9.17, 15) is 0 Å². The van der Waals surface area contributed by atoms with Crippen molar-refractivity contribution in [2.24, 2.45) is 11.7 Å². The smallest absolute Gasteiger partial charge is 0.180 e. The van der Waals surface area contributed by atoms with Crippen molar-refractivity contribution in [1.29, 1.82) is 0 Å². The molecule has 0 atom stereocenters. The monoisotopic (exact) mass is 304 g/mol. The van der Waals surface area contributed by atoms with E-state index in [0.717, 1.165) is 49.6 Å². The minimum Gasteiger partial charge on any atom is -0.451 e. The number of nitrogens with one attached hydrogen (secondary N) is 1. The molecule has 0 unspecified atom stereocenters. The van der Waals surface area contributed by atoms with Crippen molar-refractivity contribution in [3.05, 3.63) is 55.1 Å². The van der Waals surface area contributed by atoms with Crippen LogP contribution in [0.15, 0.2) is 53.8 Å². The first-order chi connectivity index (χ1) is 10.6. The molecule has 3 N–H and O–H groups in total. The van der Waals surface area contributed by atoms with Gasteiger partial charge in [-0.15, -0.1) is 6.58 Å². The number of aromatic nitrogens is 1. The van der Waals surface area contributed by atoms with Gasteiger partial charge < -0.3 is 15.5 Å². The van der Waals surface area contributed by atoms with Crippen LogP contribution in [0.4, 0.5) is 0 Å². The maximum absolute atomic E-state index is 6.12. The molecular formula is C17H28N4O. The van der Waals surface area contributed by atoms with Crippen molar-refractivity contribution in [3.8, 4) is 0 Å². The van der Waals surface area contributed by atoms with E-state index in [1.807, 2.05) is 20.0 Å². The Hall–Kier alpha value is -2.01. The van der Waals surface area contributed by atoms with Crippen molar-refractivity contribution in [3.63, 3.8) is 0 Å². The van der Waals surface area contributed by atoms with Gasteiger partial charge in [-0.1, -0.05) is 12.7 Å². The molecule has 1 aliphatic rings. The second-order valence-corrected chi connectivity index (χ2v) is 5.36. The van der Waals surface area contributed by atoms with E-state index < -0.39 is 0 Å². The predicted molar refractivity (Wildman–Crippen MR) is 90.8 cm³/mol. The number of nitrogens with zero attached hydrogens (tertiary/aromatic N) is 2. The summed E-state index contributed by atoms with van der Waals surface area (Å²) in [4.78, 5) is 6.53. The zero-order valence-corrected chi connectivity index (χ0v) is 13.7. The van der Waals surface area contributed by atoms with Crippen LogP contribution in [0.3, 0.4) is 0 Å². The first kappa shape index (κ1) is 18.0. The second kappa shape index (κ2) is 9.84. The molecule has 5 heteroatoms. The summed E-state index contributed by atoms with van der Waals surface area (Å²) in [6.45, 7) is 12.1. The van der Waals surface area contributed by atoms with Gasteiger partial charge in [0, 0.05) is 30.9 Å². The zero-order chi connectivity index (χ0) is 16.4. The Labute approximate surface area is 133 Å². The Bertz CT molecular complexity index is 471. The molecule has 5 nitrogen and oxygen atoms in total. The molecule has 1 aliphatic heterocycles. The predicted octanol–water partition coefficient (Wildman–Crippen LogP) is 2.65. The lowest BCUT2D eigenvalue weighted by atomic mass is 9.93. The Morgan fingerprint density at radius 1 is 1.55 bits per heavy atom. The Balaban J connectivity index is 0.000000745. The number of allylic oxidation sites excluding steroid dienone is 3. The summed E-state index contributed by atoms with van der Waals surface area (Å²) in [7, 11) is 1.85. The van der Waals surface area contributed by atoms with E-state index in [1.54, 1.807) is 12.3 Å². The third kappa shape index (κ3) is 6.18. The summed E-state index contributed by atoms with van der Waals surface area (Å²) in [6.07, 6.45) is 9.04. The van der Waals surface area contributed by atoms with E-state index in [2.05, 4.69) is 28.4 Å². The molecular weight excluding hydrogens is 276 g/mol. The Morgan fingerprint density at radius 3 is 2.68 bits per heavy atom. The molecule has 0 aliphatic carbocycles. The minimum absolute atomic E-state index is 0.457. The largest absolute Gasteiger partial charge is 0.451 e. The summed E-state index contributed by atoms with van der Waals surface area (Å²) in [5.74, 6) is 0.457. The van der Waals surface area contributed by atoms with Gasteiger partial charge in [-0.25, -0.2) is 4.98 Å². The summed E-state index contributed by atoms with van der Waals surface area (Å²) in [5.41, 5.74) is 8.91. The van der Waals surface area contributed by atoms with Crippen LogP contribution in [0.1, 0.15) is 25.5 Å². The summed E-state index contributed by atoms with van der Waals surface area (Å²) in [5, 5.41) is 2.99. The molecule has 2 rings (SSSR count). The van der Waals surface area contributed by atoms with Crippen molar-refractivity contribution in [2.75, 3.05) is 20.1 Å². The highest BCUT2D eigenvalue weighted by Crippen LogP contribution is 2.23. The van der Waals surface area contributed by atoms with Crippen molar-refractivity contribution in [1.82, 2.24) is 15.2 Å². The van der Waals surface area contributed by atoms with Crippen LogP contribution in [-0.4, -0.2) is 30.0 Å². The van der Waals surface area contributed by atoms with Gasteiger partial charge in [-0.3, -0.25) is 4.90 Å². The fourth-order valence-electron chi connectivity index (χ4n) is 2.36. The quantitative estimate of drug-likeness (QED) is 0.646. The molecule has 0 amide bonds. The van der Waals surface area contributed by atoms with E-state index in [1.165, 1.54) is 6.39 Å². The minimum atomic E-state index is 0.457. The Morgan fingerprint density at radius 2 is 2.18 bits per heavy atom. The number of likely N-dealkylation sites (N-methyl/N-ethyl adjacent to an activating group) is 1. The van der Waals surface area contributed by atoms with Gasteiger partial charge in [-0.05, 0) is 38.9 Å².